The van der Waals surface area contributed by atoms with Crippen LogP contribution in [0, 0.1) is 10.1 Å². The van der Waals surface area contributed by atoms with Gasteiger partial charge in [0.2, 0.25) is 0 Å². The summed E-state index contributed by atoms with van der Waals surface area (Å²) < 4.78 is 0. The largest absolute Gasteiger partial charge is 0.337 e. The predicted molar refractivity (Wildman–Crippen MR) is 99.9 cm³/mol. The average molecular weight is 345 g/mol. The van der Waals surface area contributed by atoms with Crippen molar-refractivity contribution in [3.05, 3.63) is 107 Å². The smallest absolute Gasteiger partial charge is 0.319 e. The van der Waals surface area contributed by atoms with Crippen LogP contribution in [-0.2, 0) is 0 Å². The fourth-order valence-electron chi connectivity index (χ4n) is 2.30. The van der Waals surface area contributed by atoms with Crippen LogP contribution in [0.5, 0.6) is 0 Å². The molecule has 0 unspecified atom stereocenters. The molecule has 0 heterocycles. The molecule has 0 aliphatic carbocycles. The third kappa shape index (κ3) is 4.35. The summed E-state index contributed by atoms with van der Waals surface area (Å²) in [5, 5.41) is 22.7. The number of rotatable bonds is 5. The van der Waals surface area contributed by atoms with E-state index in [1.165, 1.54) is 0 Å². The molecule has 3 aromatic rings. The van der Waals surface area contributed by atoms with Crippen LogP contribution in [0.3, 0.4) is 0 Å². The molecule has 0 atom stereocenters. The van der Waals surface area contributed by atoms with Gasteiger partial charge in [0.25, 0.3) is 0 Å². The highest BCUT2D eigenvalue weighted by Gasteiger charge is 2.15. The van der Waals surface area contributed by atoms with Crippen LogP contribution in [0.2, 0.25) is 0 Å². The van der Waals surface area contributed by atoms with Crippen molar-refractivity contribution in [1.82, 2.24) is 0 Å². The van der Waals surface area contributed by atoms with E-state index in [2.05, 4.69) is 15.4 Å². The van der Waals surface area contributed by atoms with Crippen LogP contribution >= 0.6 is 0 Å². The molecule has 0 spiro atoms. The molecule has 0 fully saturated rings. The summed E-state index contributed by atoms with van der Waals surface area (Å²) in [6.07, 6.45) is 0. The van der Waals surface area contributed by atoms with Crippen molar-refractivity contribution in [2.24, 2.45) is 15.4 Å². The Kier molecular flexibility index (Phi) is 5.41. The van der Waals surface area contributed by atoms with Gasteiger partial charge in [-0.15, -0.1) is 5.10 Å². The molecular formula is C19H15N5O2. The van der Waals surface area contributed by atoms with Gasteiger partial charge in [0.05, 0.1) is 22.0 Å². The van der Waals surface area contributed by atoms with Crippen LogP contribution in [0.15, 0.2) is 106 Å². The minimum atomic E-state index is -0.853. The molecule has 7 nitrogen and oxygen atoms in total. The summed E-state index contributed by atoms with van der Waals surface area (Å²) in [5.74, 6) is 0.134. The number of anilines is 2. The minimum absolute atomic E-state index is 0.134. The number of benzene rings is 3. The standard InChI is InChI=1S/C19H15N5O2/c25-24(26)22-20-19(16-10-4-1-5-11-16)21-23(17-12-6-2-7-13-17)18-14-8-3-9-15-18/h1-15H. The zero-order valence-electron chi connectivity index (χ0n) is 13.7. The summed E-state index contributed by atoms with van der Waals surface area (Å²) >= 11 is 0. The molecule has 0 saturated carbocycles. The quantitative estimate of drug-likeness (QED) is 0.218. The van der Waals surface area contributed by atoms with Crippen molar-refractivity contribution in [1.29, 1.82) is 0 Å². The Hall–Kier alpha value is -3.87. The van der Waals surface area contributed by atoms with E-state index in [1.54, 1.807) is 17.1 Å². The van der Waals surface area contributed by atoms with E-state index < -0.39 is 5.03 Å². The molecule has 0 bridgehead atoms. The molecular weight excluding hydrogens is 330 g/mol. The maximum atomic E-state index is 10.6. The summed E-state index contributed by atoms with van der Waals surface area (Å²) in [6.45, 7) is 0. The van der Waals surface area contributed by atoms with E-state index in [4.69, 9.17) is 0 Å². The summed E-state index contributed by atoms with van der Waals surface area (Å²) in [4.78, 5) is 10.6. The SMILES string of the molecule is O=[N+]([O-])N=NC(=NN(c1ccccc1)c1ccccc1)c1ccccc1. The highest BCUT2D eigenvalue weighted by Crippen LogP contribution is 2.26. The van der Waals surface area contributed by atoms with Crippen molar-refractivity contribution in [2.75, 3.05) is 5.01 Å². The lowest BCUT2D eigenvalue weighted by Crippen LogP contribution is -2.13. The van der Waals surface area contributed by atoms with Crippen molar-refractivity contribution in [3.63, 3.8) is 0 Å². The van der Waals surface area contributed by atoms with E-state index in [1.807, 2.05) is 78.9 Å². The van der Waals surface area contributed by atoms with Gasteiger partial charge in [0, 0.05) is 0 Å². The van der Waals surface area contributed by atoms with Crippen molar-refractivity contribution in [2.45, 2.75) is 0 Å². The highest BCUT2D eigenvalue weighted by atomic mass is 16.7. The topological polar surface area (TPSA) is 83.5 Å². The van der Waals surface area contributed by atoms with Gasteiger partial charge in [-0.25, -0.2) is 5.01 Å². The van der Waals surface area contributed by atoms with Crippen molar-refractivity contribution in [3.8, 4) is 0 Å². The van der Waals surface area contributed by atoms with Gasteiger partial charge in [-0.05, 0) is 36.4 Å². The van der Waals surface area contributed by atoms with E-state index in [0.717, 1.165) is 11.4 Å². The molecule has 7 heteroatoms. The monoisotopic (exact) mass is 345 g/mol. The molecule has 0 aliphatic rings. The molecule has 0 saturated heterocycles. The molecule has 0 amide bonds. The third-order valence-electron chi connectivity index (χ3n) is 3.44. The van der Waals surface area contributed by atoms with E-state index in [-0.39, 0.29) is 5.84 Å². The number of hydrogen-bond donors (Lipinski definition) is 0. The van der Waals surface area contributed by atoms with Gasteiger partial charge in [-0.1, -0.05) is 54.6 Å². The van der Waals surface area contributed by atoms with Gasteiger partial charge in [0.15, 0.2) is 5.22 Å². The lowest BCUT2D eigenvalue weighted by Gasteiger charge is -2.18. The fraction of sp³-hybridized carbons (Fsp3) is 0. The molecule has 26 heavy (non-hydrogen) atoms. The Bertz CT molecular complexity index is 873. The first-order valence-electron chi connectivity index (χ1n) is 7.84. The number of hydrazone groups is 1. The molecule has 0 radical (unpaired) electrons. The Morgan fingerprint density at radius 1 is 0.769 bits per heavy atom. The maximum absolute atomic E-state index is 10.6. The van der Waals surface area contributed by atoms with Gasteiger partial charge in [-0.3, -0.25) is 0 Å². The molecule has 3 rings (SSSR count). The predicted octanol–water partition coefficient (Wildman–Crippen LogP) is 4.83. The molecule has 0 N–H and O–H groups in total. The van der Waals surface area contributed by atoms with Crippen molar-refractivity contribution < 1.29 is 5.03 Å². The van der Waals surface area contributed by atoms with Gasteiger partial charge in [-0.2, -0.15) is 0 Å². The van der Waals surface area contributed by atoms with Gasteiger partial charge < -0.3 is 10.1 Å². The van der Waals surface area contributed by atoms with E-state index in [0.29, 0.717) is 5.56 Å². The number of nitrogens with zero attached hydrogens (tertiary/aromatic N) is 5. The second kappa shape index (κ2) is 8.29. The lowest BCUT2D eigenvalue weighted by atomic mass is 10.2. The Labute approximate surface area is 150 Å². The van der Waals surface area contributed by atoms with Gasteiger partial charge >= 0.3 is 5.84 Å². The maximum Gasteiger partial charge on any atom is 0.319 e. The first kappa shape index (κ1) is 17.0. The summed E-state index contributed by atoms with van der Waals surface area (Å²) in [7, 11) is 0. The highest BCUT2D eigenvalue weighted by molar-refractivity contribution is 6.00. The number of nitro groups is 1. The van der Waals surface area contributed by atoms with Gasteiger partial charge in [0.1, 0.15) is 5.11 Å². The third-order valence-corrected chi connectivity index (χ3v) is 3.44. The number of amidine groups is 1. The number of hydrogen-bond acceptors (Lipinski definition) is 4. The van der Waals surface area contributed by atoms with E-state index in [9.17, 15) is 10.1 Å². The minimum Gasteiger partial charge on any atom is -0.337 e. The summed E-state index contributed by atoms with van der Waals surface area (Å²) in [6, 6.07) is 27.9. The number of para-hydroxylation sites is 2. The van der Waals surface area contributed by atoms with Crippen LogP contribution in [-0.4, -0.2) is 10.9 Å². The zero-order valence-corrected chi connectivity index (χ0v) is 13.7. The Morgan fingerprint density at radius 2 is 1.23 bits per heavy atom. The van der Waals surface area contributed by atoms with Crippen LogP contribution in [0.25, 0.3) is 0 Å². The average Bonchev–Trinajstić information content (AvgIpc) is 2.70. The first-order chi connectivity index (χ1) is 12.7. The second-order valence-corrected chi connectivity index (χ2v) is 5.20. The Morgan fingerprint density at radius 3 is 1.69 bits per heavy atom. The van der Waals surface area contributed by atoms with E-state index >= 15 is 0 Å². The normalized spacial score (nSPS) is 11.5. The Balaban J connectivity index is 2.12. The molecule has 128 valence electrons. The molecule has 0 aliphatic heterocycles. The second-order valence-electron chi connectivity index (χ2n) is 5.20. The first-order valence-corrected chi connectivity index (χ1v) is 7.84. The summed E-state index contributed by atoms with van der Waals surface area (Å²) in [5.41, 5.74) is 2.21. The lowest BCUT2D eigenvalue weighted by molar-refractivity contribution is -0.493. The fourth-order valence-corrected chi connectivity index (χ4v) is 2.30. The van der Waals surface area contributed by atoms with Crippen LogP contribution < -0.4 is 5.01 Å². The van der Waals surface area contributed by atoms with Crippen LogP contribution in [0.4, 0.5) is 11.4 Å². The zero-order chi connectivity index (χ0) is 18.2. The molecule has 0 aromatic heterocycles. The molecule has 3 aromatic carbocycles. The van der Waals surface area contributed by atoms with Crippen molar-refractivity contribution >= 4 is 17.2 Å². The van der Waals surface area contributed by atoms with Crippen LogP contribution in [0.1, 0.15) is 5.56 Å².